The summed E-state index contributed by atoms with van der Waals surface area (Å²) >= 11 is 0. The summed E-state index contributed by atoms with van der Waals surface area (Å²) in [6.07, 6.45) is -3.68. The summed E-state index contributed by atoms with van der Waals surface area (Å²) < 4.78 is 69.3. The van der Waals surface area contributed by atoms with E-state index in [1.807, 2.05) is 0 Å². The summed E-state index contributed by atoms with van der Waals surface area (Å²) in [6, 6.07) is 3.28. The van der Waals surface area contributed by atoms with E-state index in [0.29, 0.717) is 13.0 Å². The lowest BCUT2D eigenvalue weighted by molar-refractivity contribution is -0.189. The summed E-state index contributed by atoms with van der Waals surface area (Å²) in [7, 11) is -1.88. The maximum absolute atomic E-state index is 13.1. The van der Waals surface area contributed by atoms with Crippen molar-refractivity contribution in [2.75, 3.05) is 12.8 Å². The van der Waals surface area contributed by atoms with Crippen LogP contribution in [0.25, 0.3) is 0 Å². The Morgan fingerprint density at radius 2 is 2.00 bits per heavy atom. The van der Waals surface area contributed by atoms with Gasteiger partial charge in [-0.2, -0.15) is 18.3 Å². The van der Waals surface area contributed by atoms with Crippen molar-refractivity contribution >= 4 is 15.7 Å². The number of hydrogen-bond donors (Lipinski definition) is 0. The van der Waals surface area contributed by atoms with Crippen molar-refractivity contribution in [3.8, 4) is 5.75 Å². The molecule has 0 saturated carbocycles. The molecule has 0 saturated heterocycles. The zero-order valence-corrected chi connectivity index (χ0v) is 16.8. The molecule has 3 rings (SSSR count). The van der Waals surface area contributed by atoms with E-state index in [1.165, 1.54) is 4.90 Å². The van der Waals surface area contributed by atoms with Gasteiger partial charge in [-0.1, -0.05) is 0 Å². The van der Waals surface area contributed by atoms with Gasteiger partial charge in [0.15, 0.2) is 15.9 Å². The summed E-state index contributed by atoms with van der Waals surface area (Å²) in [4.78, 5) is 14.4. The molecule has 2 heterocycles. The van der Waals surface area contributed by atoms with Crippen molar-refractivity contribution < 1.29 is 31.1 Å². The molecule has 158 valence electrons. The predicted octanol–water partition coefficient (Wildman–Crippen LogP) is 2.35. The molecule has 2 aromatic rings. The third-order valence-corrected chi connectivity index (χ3v) is 5.90. The van der Waals surface area contributed by atoms with Crippen LogP contribution >= 0.6 is 0 Å². The monoisotopic (exact) mass is 431 g/mol. The van der Waals surface area contributed by atoms with Gasteiger partial charge in [-0.05, 0) is 25.1 Å². The van der Waals surface area contributed by atoms with Crippen molar-refractivity contribution in [2.24, 2.45) is 7.05 Å². The SMILES string of the molecule is CC(Oc1ccc(S(C)(=O)=O)cc1C(=O)N1CCc2c(cnn2C)C1)C(F)(F)F. The summed E-state index contributed by atoms with van der Waals surface area (Å²) in [6.45, 7) is 1.36. The van der Waals surface area contributed by atoms with Crippen molar-refractivity contribution in [3.63, 3.8) is 0 Å². The average molecular weight is 431 g/mol. The molecule has 0 aliphatic carbocycles. The first kappa shape index (κ1) is 21.2. The van der Waals surface area contributed by atoms with Crippen molar-refractivity contribution in [2.45, 2.75) is 37.1 Å². The third kappa shape index (κ3) is 4.39. The number of amides is 1. The highest BCUT2D eigenvalue weighted by molar-refractivity contribution is 7.90. The van der Waals surface area contributed by atoms with Crippen LogP contribution in [0.1, 0.15) is 28.5 Å². The molecule has 0 spiro atoms. The number of hydrogen-bond acceptors (Lipinski definition) is 5. The van der Waals surface area contributed by atoms with Crippen molar-refractivity contribution in [1.82, 2.24) is 14.7 Å². The molecular formula is C18H20F3N3O4S. The second kappa shape index (κ2) is 7.36. The molecule has 0 fully saturated rings. The second-order valence-electron chi connectivity index (χ2n) is 6.95. The fourth-order valence-electron chi connectivity index (χ4n) is 3.10. The highest BCUT2D eigenvalue weighted by Crippen LogP contribution is 2.31. The van der Waals surface area contributed by atoms with E-state index < -0.39 is 28.0 Å². The van der Waals surface area contributed by atoms with E-state index in [0.717, 1.165) is 42.6 Å². The first-order valence-corrected chi connectivity index (χ1v) is 10.6. The molecule has 1 atom stereocenters. The summed E-state index contributed by atoms with van der Waals surface area (Å²) in [5.41, 5.74) is 1.58. The fraction of sp³-hybridized carbons (Fsp3) is 0.444. The summed E-state index contributed by atoms with van der Waals surface area (Å²) in [5.74, 6) is -0.918. The molecule has 1 aromatic heterocycles. The average Bonchev–Trinajstić information content (AvgIpc) is 3.00. The van der Waals surface area contributed by atoms with Gasteiger partial charge in [0, 0.05) is 44.1 Å². The number of halogens is 3. The van der Waals surface area contributed by atoms with E-state index in [9.17, 15) is 26.4 Å². The number of sulfone groups is 1. The molecule has 1 aliphatic heterocycles. The van der Waals surface area contributed by atoms with Crippen LogP contribution in [0.15, 0.2) is 29.3 Å². The molecule has 29 heavy (non-hydrogen) atoms. The number of ether oxygens (including phenoxy) is 1. The van der Waals surface area contributed by atoms with Gasteiger partial charge in [0.05, 0.1) is 16.7 Å². The van der Waals surface area contributed by atoms with Crippen molar-refractivity contribution in [1.29, 1.82) is 0 Å². The lowest BCUT2D eigenvalue weighted by atomic mass is 10.1. The Balaban J connectivity index is 1.97. The molecule has 7 nitrogen and oxygen atoms in total. The van der Waals surface area contributed by atoms with E-state index in [4.69, 9.17) is 4.74 Å². The summed E-state index contributed by atoms with van der Waals surface area (Å²) in [5, 5.41) is 4.14. The number of benzene rings is 1. The Labute approximate surface area is 166 Å². The van der Waals surface area contributed by atoms with Gasteiger partial charge in [-0.3, -0.25) is 9.48 Å². The van der Waals surface area contributed by atoms with Gasteiger partial charge >= 0.3 is 6.18 Å². The molecule has 1 aliphatic rings. The van der Waals surface area contributed by atoms with Crippen LogP contribution in [0.2, 0.25) is 0 Å². The number of carbonyl (C=O) groups is 1. The highest BCUT2D eigenvalue weighted by Gasteiger charge is 2.39. The molecule has 1 unspecified atom stereocenters. The lowest BCUT2D eigenvalue weighted by Crippen LogP contribution is -2.37. The smallest absolute Gasteiger partial charge is 0.425 e. The number of nitrogens with zero attached hydrogens (tertiary/aromatic N) is 3. The van der Waals surface area contributed by atoms with Gasteiger partial charge in [0.25, 0.3) is 5.91 Å². The van der Waals surface area contributed by atoms with E-state index in [-0.39, 0.29) is 22.8 Å². The maximum Gasteiger partial charge on any atom is 0.425 e. The number of alkyl halides is 3. The van der Waals surface area contributed by atoms with Crippen LogP contribution in [0.5, 0.6) is 5.75 Å². The normalized spacial score (nSPS) is 15.7. The zero-order chi connectivity index (χ0) is 21.6. The predicted molar refractivity (Wildman–Crippen MR) is 97.3 cm³/mol. The molecule has 1 amide bonds. The molecular weight excluding hydrogens is 411 g/mol. The lowest BCUT2D eigenvalue weighted by Gasteiger charge is -2.28. The largest absolute Gasteiger partial charge is 0.480 e. The second-order valence-corrected chi connectivity index (χ2v) is 8.96. The van der Waals surface area contributed by atoms with Crippen LogP contribution < -0.4 is 4.74 Å². The van der Waals surface area contributed by atoms with Crippen LogP contribution in [-0.4, -0.2) is 54.1 Å². The first-order valence-electron chi connectivity index (χ1n) is 8.74. The van der Waals surface area contributed by atoms with E-state index in [1.54, 1.807) is 17.9 Å². The number of fused-ring (bicyclic) bond motifs is 1. The standard InChI is InChI=1S/C18H20F3N3O4S/c1-11(18(19,20)21)28-16-5-4-13(29(3,26)27)8-14(16)17(25)24-7-6-15-12(10-24)9-22-23(15)2/h4-5,8-9,11H,6-7,10H2,1-3H3. The minimum atomic E-state index is -4.63. The van der Waals surface area contributed by atoms with Crippen LogP contribution in [0.4, 0.5) is 13.2 Å². The van der Waals surface area contributed by atoms with E-state index >= 15 is 0 Å². The Morgan fingerprint density at radius 3 is 2.62 bits per heavy atom. The Bertz CT molecular complexity index is 1050. The fourth-order valence-corrected chi connectivity index (χ4v) is 3.75. The van der Waals surface area contributed by atoms with Crippen LogP contribution in [0, 0.1) is 0 Å². The van der Waals surface area contributed by atoms with Gasteiger partial charge in [0.1, 0.15) is 5.75 Å². The topological polar surface area (TPSA) is 81.5 Å². The van der Waals surface area contributed by atoms with E-state index in [2.05, 4.69) is 5.10 Å². The highest BCUT2D eigenvalue weighted by atomic mass is 32.2. The number of aromatic nitrogens is 2. The number of aryl methyl sites for hydroxylation is 1. The molecule has 0 N–H and O–H groups in total. The molecule has 0 bridgehead atoms. The van der Waals surface area contributed by atoms with Crippen LogP contribution in [-0.2, 0) is 29.9 Å². The van der Waals surface area contributed by atoms with Crippen molar-refractivity contribution in [3.05, 3.63) is 41.2 Å². The number of carbonyl (C=O) groups excluding carboxylic acids is 1. The Hall–Kier alpha value is -2.56. The quantitative estimate of drug-likeness (QED) is 0.742. The number of rotatable bonds is 4. The minimum absolute atomic E-state index is 0.174. The minimum Gasteiger partial charge on any atom is -0.480 e. The third-order valence-electron chi connectivity index (χ3n) is 4.79. The molecule has 1 aromatic carbocycles. The van der Waals surface area contributed by atoms with Gasteiger partial charge in [-0.15, -0.1) is 0 Å². The first-order chi connectivity index (χ1) is 13.4. The van der Waals surface area contributed by atoms with Gasteiger partial charge in [-0.25, -0.2) is 8.42 Å². The molecule has 11 heteroatoms. The van der Waals surface area contributed by atoms with Crippen LogP contribution in [0.3, 0.4) is 0 Å². The Morgan fingerprint density at radius 1 is 1.31 bits per heavy atom. The maximum atomic E-state index is 13.1. The van der Waals surface area contributed by atoms with Gasteiger partial charge < -0.3 is 9.64 Å². The van der Waals surface area contributed by atoms with Gasteiger partial charge in [0.2, 0.25) is 0 Å². The molecule has 0 radical (unpaired) electrons. The Kier molecular flexibility index (Phi) is 5.37. The zero-order valence-electron chi connectivity index (χ0n) is 16.0.